The van der Waals surface area contributed by atoms with Gasteiger partial charge in [0.05, 0.1) is 17.2 Å². The Morgan fingerprint density at radius 2 is 1.78 bits per heavy atom. The Morgan fingerprint density at radius 1 is 1.19 bits per heavy atom. The Bertz CT molecular complexity index is 1090. The molecule has 3 rings (SSSR count). The van der Waals surface area contributed by atoms with Gasteiger partial charge in [-0.05, 0) is 91.0 Å². The van der Waals surface area contributed by atoms with E-state index in [1.807, 2.05) is 20.8 Å². The molecule has 1 atom stereocenters. The Balaban J connectivity index is 1.99. The molecule has 0 aliphatic heterocycles. The van der Waals surface area contributed by atoms with Crippen LogP contribution in [-0.2, 0) is 13.9 Å². The number of thiophene rings is 1. The molecular formula is C28H42NO6PS. The molecule has 0 radical (unpaired) electrons. The van der Waals surface area contributed by atoms with Crippen molar-refractivity contribution in [3.63, 3.8) is 0 Å². The molecule has 1 amide bonds. The summed E-state index contributed by atoms with van der Waals surface area (Å²) in [6, 6.07) is 1.44. The van der Waals surface area contributed by atoms with Crippen molar-refractivity contribution in [3.8, 4) is 11.8 Å². The van der Waals surface area contributed by atoms with Crippen LogP contribution in [-0.4, -0.2) is 46.7 Å². The number of rotatable bonds is 7. The van der Waals surface area contributed by atoms with Crippen LogP contribution in [0.2, 0.25) is 0 Å². The van der Waals surface area contributed by atoms with E-state index >= 15 is 0 Å². The van der Waals surface area contributed by atoms with Crippen molar-refractivity contribution in [1.29, 1.82) is 0 Å². The lowest BCUT2D eigenvalue weighted by molar-refractivity contribution is -0.124. The molecule has 1 aromatic heterocycles. The maximum Gasteiger partial charge on any atom is 0.348 e. The first-order valence-corrected chi connectivity index (χ1v) is 16.2. The van der Waals surface area contributed by atoms with Crippen LogP contribution in [0.4, 0.5) is 5.69 Å². The molecule has 2 fully saturated rings. The maximum absolute atomic E-state index is 14.0. The van der Waals surface area contributed by atoms with Gasteiger partial charge in [0.2, 0.25) is 13.3 Å². The topological polar surface area (TPSA) is 104 Å². The summed E-state index contributed by atoms with van der Waals surface area (Å²) >= 11 is 1.09. The van der Waals surface area contributed by atoms with E-state index in [0.29, 0.717) is 29.3 Å². The number of hydrogen-bond acceptors (Lipinski definition) is 6. The molecule has 37 heavy (non-hydrogen) atoms. The molecule has 0 bridgehead atoms. The van der Waals surface area contributed by atoms with E-state index in [-0.39, 0.29) is 47.6 Å². The van der Waals surface area contributed by atoms with Crippen molar-refractivity contribution in [2.75, 3.05) is 18.2 Å². The fourth-order valence-electron chi connectivity index (χ4n) is 5.32. The Kier molecular flexibility index (Phi) is 9.39. The van der Waals surface area contributed by atoms with Gasteiger partial charge in [0.25, 0.3) is 0 Å². The van der Waals surface area contributed by atoms with Gasteiger partial charge >= 0.3 is 5.97 Å². The molecule has 0 saturated heterocycles. The largest absolute Gasteiger partial charge is 0.477 e. The number of hydrogen-bond donors (Lipinski definition) is 2. The number of carbonyl (C=O) groups is 2. The summed E-state index contributed by atoms with van der Waals surface area (Å²) in [5, 5.41) is 19.8. The monoisotopic (exact) mass is 551 g/mol. The van der Waals surface area contributed by atoms with E-state index in [9.17, 15) is 24.4 Å². The summed E-state index contributed by atoms with van der Waals surface area (Å²) < 4.78 is 18.6. The highest BCUT2D eigenvalue weighted by Crippen LogP contribution is 2.60. The highest BCUT2D eigenvalue weighted by Gasteiger charge is 2.48. The number of aliphatic hydroxyl groups is 1. The van der Waals surface area contributed by atoms with Crippen molar-refractivity contribution in [3.05, 3.63) is 15.8 Å². The van der Waals surface area contributed by atoms with Crippen LogP contribution in [0.25, 0.3) is 0 Å². The molecule has 9 heteroatoms. The average Bonchev–Trinajstić information content (AvgIpc) is 3.23. The van der Waals surface area contributed by atoms with E-state index in [2.05, 4.69) is 18.8 Å². The van der Waals surface area contributed by atoms with E-state index in [1.165, 1.54) is 6.66 Å². The predicted molar refractivity (Wildman–Crippen MR) is 149 cm³/mol. The number of carboxylic acids is 1. The summed E-state index contributed by atoms with van der Waals surface area (Å²) in [7, 11) is -3.27. The zero-order valence-corrected chi connectivity index (χ0v) is 24.7. The Hall–Kier alpha value is -1.65. The molecule has 0 aromatic carbocycles. The number of amides is 1. The number of anilines is 1. The van der Waals surface area contributed by atoms with Gasteiger partial charge < -0.3 is 19.6 Å². The Labute approximate surface area is 225 Å². The third-order valence-electron chi connectivity index (χ3n) is 7.58. The molecular weight excluding hydrogens is 509 g/mol. The minimum atomic E-state index is -3.27. The van der Waals surface area contributed by atoms with Gasteiger partial charge in [-0.15, -0.1) is 11.3 Å². The number of carboxylic acid groups (broad SMARTS) is 1. The summed E-state index contributed by atoms with van der Waals surface area (Å²) in [5.41, 5.74) is 0.142. The van der Waals surface area contributed by atoms with Crippen LogP contribution < -0.4 is 4.90 Å². The van der Waals surface area contributed by atoms with Gasteiger partial charge in [0, 0.05) is 24.0 Å². The smallest absolute Gasteiger partial charge is 0.348 e. The molecule has 2 saturated carbocycles. The molecule has 2 N–H and O–H groups in total. The van der Waals surface area contributed by atoms with Crippen molar-refractivity contribution >= 4 is 36.3 Å². The summed E-state index contributed by atoms with van der Waals surface area (Å²) in [5.74, 6) is 5.54. The zero-order chi connectivity index (χ0) is 27.6. The molecule has 0 spiro atoms. The molecule has 2 aliphatic carbocycles. The van der Waals surface area contributed by atoms with Crippen molar-refractivity contribution in [1.82, 2.24) is 0 Å². The fraction of sp³-hybridized carbons (Fsp3) is 0.714. The van der Waals surface area contributed by atoms with Crippen LogP contribution in [0.1, 0.15) is 101 Å². The van der Waals surface area contributed by atoms with Crippen LogP contribution in [0, 0.1) is 29.1 Å². The van der Waals surface area contributed by atoms with Crippen molar-refractivity contribution < 1.29 is 28.9 Å². The first-order valence-electron chi connectivity index (χ1n) is 13.4. The molecule has 206 valence electrons. The lowest BCUT2D eigenvalue weighted by Gasteiger charge is -2.43. The van der Waals surface area contributed by atoms with Gasteiger partial charge in [0.1, 0.15) is 10.2 Å². The molecule has 1 aromatic rings. The number of aromatic carboxylic acids is 1. The van der Waals surface area contributed by atoms with Crippen LogP contribution in [0.5, 0.6) is 0 Å². The van der Waals surface area contributed by atoms with Crippen LogP contribution >= 0.6 is 18.7 Å². The van der Waals surface area contributed by atoms with Gasteiger partial charge in [0.15, 0.2) is 0 Å². The van der Waals surface area contributed by atoms with Crippen molar-refractivity contribution in [2.45, 2.75) is 97.4 Å². The fourth-order valence-corrected chi connectivity index (χ4v) is 7.96. The Morgan fingerprint density at radius 3 is 2.30 bits per heavy atom. The third kappa shape index (κ3) is 7.06. The van der Waals surface area contributed by atoms with Gasteiger partial charge in [-0.1, -0.05) is 18.8 Å². The molecule has 2 aliphatic rings. The third-order valence-corrected chi connectivity index (χ3v) is 11.3. The lowest BCUT2D eigenvalue weighted by atomic mass is 9.81. The first-order chi connectivity index (χ1) is 17.2. The van der Waals surface area contributed by atoms with Gasteiger partial charge in [-0.3, -0.25) is 9.36 Å². The summed E-state index contributed by atoms with van der Waals surface area (Å²) in [6.45, 7) is 11.6. The standard InChI is InChI=1S/C28H42NO6PS/c1-7-35-36(6,34)28(33)16-12-21(13-17-28)29(25(30)20-10-8-19(2)9-11-20)23-18-22(14-15-27(3,4)5)37-24(23)26(31)32/h18-21,33H,7-13,16-17H2,1-6H3,(H,31,32). The average molecular weight is 552 g/mol. The van der Waals surface area contributed by atoms with E-state index in [1.54, 1.807) is 17.9 Å². The van der Waals surface area contributed by atoms with E-state index in [4.69, 9.17) is 4.52 Å². The second kappa shape index (κ2) is 11.6. The molecule has 7 nitrogen and oxygen atoms in total. The van der Waals surface area contributed by atoms with E-state index < -0.39 is 18.7 Å². The maximum atomic E-state index is 14.0. The highest BCUT2D eigenvalue weighted by molar-refractivity contribution is 7.59. The lowest BCUT2D eigenvalue weighted by Crippen LogP contribution is -2.49. The quantitative estimate of drug-likeness (QED) is 0.293. The zero-order valence-electron chi connectivity index (χ0n) is 23.0. The SMILES string of the molecule is CCOP(C)(=O)C1(O)CCC(N(C(=O)C2CCC(C)CC2)c2cc(C#CC(C)(C)C)sc2C(=O)O)CC1. The highest BCUT2D eigenvalue weighted by atomic mass is 32.1. The predicted octanol–water partition coefficient (Wildman–Crippen LogP) is 6.58. The molecule has 1 heterocycles. The number of carbonyl (C=O) groups excluding carboxylic acids is 1. The van der Waals surface area contributed by atoms with Crippen LogP contribution in [0.3, 0.4) is 0 Å². The second-order valence-corrected chi connectivity index (χ2v) is 15.6. The minimum Gasteiger partial charge on any atom is -0.477 e. The first kappa shape index (κ1) is 29.9. The second-order valence-electron chi connectivity index (χ2n) is 11.8. The van der Waals surface area contributed by atoms with Gasteiger partial charge in [-0.2, -0.15) is 0 Å². The van der Waals surface area contributed by atoms with Crippen molar-refractivity contribution in [2.24, 2.45) is 17.3 Å². The van der Waals surface area contributed by atoms with E-state index in [0.717, 1.165) is 37.0 Å². The van der Waals surface area contributed by atoms with Crippen LogP contribution in [0.15, 0.2) is 6.07 Å². The molecule has 1 unspecified atom stereocenters. The summed E-state index contributed by atoms with van der Waals surface area (Å²) in [6.07, 6.45) is 4.78. The number of nitrogens with zero attached hydrogens (tertiary/aromatic N) is 1. The van der Waals surface area contributed by atoms with Gasteiger partial charge in [-0.25, -0.2) is 4.79 Å². The normalized spacial score (nSPS) is 28.0. The minimum absolute atomic E-state index is 0.0533. The summed E-state index contributed by atoms with van der Waals surface area (Å²) in [4.78, 5) is 28.7.